The minimum atomic E-state index is 0.0490. The molecule has 0 unspecified atom stereocenters. The number of hydrogen-bond acceptors (Lipinski definition) is 5. The molecule has 0 saturated carbocycles. The quantitative estimate of drug-likeness (QED) is 0.850. The first-order chi connectivity index (χ1) is 9.03. The van der Waals surface area contributed by atoms with Crippen LogP contribution >= 0.6 is 11.8 Å². The monoisotopic (exact) mass is 277 g/mol. The molecule has 1 heterocycles. The average Bonchev–Trinajstić information content (AvgIpc) is 2.82. The lowest BCUT2D eigenvalue weighted by Gasteiger charge is -2.18. The number of nitrogens with one attached hydrogen (secondary N) is 1. The van der Waals surface area contributed by atoms with Crippen LogP contribution in [0.15, 0.2) is 39.8 Å². The zero-order valence-corrected chi connectivity index (χ0v) is 12.3. The van der Waals surface area contributed by atoms with Gasteiger partial charge in [-0.25, -0.2) is 0 Å². The predicted octanol–water partition coefficient (Wildman–Crippen LogP) is 3.25. The summed E-state index contributed by atoms with van der Waals surface area (Å²) in [6, 6.07) is 10.2. The number of nitrogens with zero attached hydrogens (tertiary/aromatic N) is 2. The van der Waals surface area contributed by atoms with Gasteiger partial charge in [-0.15, -0.1) is 11.8 Å². The van der Waals surface area contributed by atoms with E-state index in [0.717, 1.165) is 11.6 Å². The number of thioether (sulfide) groups is 1. The highest BCUT2D eigenvalue weighted by Gasteiger charge is 2.12. The molecular weight excluding hydrogens is 258 g/mol. The van der Waals surface area contributed by atoms with Gasteiger partial charge in [0.15, 0.2) is 5.82 Å². The summed E-state index contributed by atoms with van der Waals surface area (Å²) in [5.41, 5.74) is 0.0490. The topological polar surface area (TPSA) is 51.0 Å². The summed E-state index contributed by atoms with van der Waals surface area (Å²) in [6.45, 7) is 6.92. The van der Waals surface area contributed by atoms with Gasteiger partial charge in [-0.2, -0.15) is 4.98 Å². The summed E-state index contributed by atoms with van der Waals surface area (Å²) < 4.78 is 5.21. The molecule has 0 aliphatic carbocycles. The number of hydrogen-bond donors (Lipinski definition) is 1. The molecule has 0 fully saturated rings. The number of rotatable bonds is 5. The molecule has 1 aromatic heterocycles. The first-order valence-electron chi connectivity index (χ1n) is 6.27. The average molecular weight is 277 g/mol. The van der Waals surface area contributed by atoms with E-state index in [9.17, 15) is 0 Å². The van der Waals surface area contributed by atoms with Crippen molar-refractivity contribution in [1.29, 1.82) is 0 Å². The van der Waals surface area contributed by atoms with Gasteiger partial charge in [0.1, 0.15) is 0 Å². The Hall–Kier alpha value is -1.33. The summed E-state index contributed by atoms with van der Waals surface area (Å²) in [5, 5.41) is 7.31. The molecule has 4 nitrogen and oxygen atoms in total. The van der Waals surface area contributed by atoms with Crippen LogP contribution in [0.5, 0.6) is 0 Å². The van der Waals surface area contributed by atoms with Crippen molar-refractivity contribution in [3.63, 3.8) is 0 Å². The van der Waals surface area contributed by atoms with Crippen LogP contribution in [0.3, 0.4) is 0 Å². The fourth-order valence-electron chi connectivity index (χ4n) is 1.43. The Morgan fingerprint density at radius 3 is 2.63 bits per heavy atom. The van der Waals surface area contributed by atoms with Gasteiger partial charge in [0.05, 0.1) is 12.3 Å². The molecule has 1 N–H and O–H groups in total. The third-order valence-corrected chi connectivity index (χ3v) is 3.40. The van der Waals surface area contributed by atoms with Crippen molar-refractivity contribution < 1.29 is 4.52 Å². The van der Waals surface area contributed by atoms with Crippen molar-refractivity contribution in [1.82, 2.24) is 15.5 Å². The van der Waals surface area contributed by atoms with Gasteiger partial charge < -0.3 is 9.84 Å². The molecule has 0 aliphatic rings. The van der Waals surface area contributed by atoms with E-state index in [-0.39, 0.29) is 5.54 Å². The molecule has 0 amide bonds. The maximum atomic E-state index is 5.21. The highest BCUT2D eigenvalue weighted by molar-refractivity contribution is 7.98. The van der Waals surface area contributed by atoms with Crippen molar-refractivity contribution in [2.75, 3.05) is 0 Å². The molecular formula is C14H19N3OS. The molecule has 0 spiro atoms. The molecule has 0 bridgehead atoms. The van der Waals surface area contributed by atoms with Crippen LogP contribution in [0.1, 0.15) is 32.5 Å². The summed E-state index contributed by atoms with van der Waals surface area (Å²) >= 11 is 1.71. The van der Waals surface area contributed by atoms with E-state index < -0.39 is 0 Å². The van der Waals surface area contributed by atoms with E-state index in [0.29, 0.717) is 12.4 Å². The van der Waals surface area contributed by atoms with Crippen LogP contribution in [-0.4, -0.2) is 15.7 Å². The summed E-state index contributed by atoms with van der Waals surface area (Å²) in [5.74, 6) is 2.10. The Kier molecular flexibility index (Phi) is 4.61. The van der Waals surface area contributed by atoms with Crippen LogP contribution in [0.2, 0.25) is 0 Å². The van der Waals surface area contributed by atoms with E-state index in [1.165, 1.54) is 4.90 Å². The number of aromatic nitrogens is 2. The molecule has 0 saturated heterocycles. The molecule has 102 valence electrons. The Bertz CT molecular complexity index is 505. The lowest BCUT2D eigenvalue weighted by atomic mass is 10.1. The Morgan fingerprint density at radius 2 is 1.95 bits per heavy atom. The fraction of sp³-hybridized carbons (Fsp3) is 0.429. The van der Waals surface area contributed by atoms with Crippen LogP contribution in [0.4, 0.5) is 0 Å². The second-order valence-corrected chi connectivity index (χ2v) is 6.36. The molecule has 2 aromatic rings. The van der Waals surface area contributed by atoms with Crippen LogP contribution in [0, 0.1) is 0 Å². The Labute approximate surface area is 118 Å². The third kappa shape index (κ3) is 5.04. The maximum Gasteiger partial charge on any atom is 0.240 e. The largest absolute Gasteiger partial charge is 0.338 e. The smallest absolute Gasteiger partial charge is 0.240 e. The van der Waals surface area contributed by atoms with Crippen LogP contribution in [0.25, 0.3) is 0 Å². The second-order valence-electron chi connectivity index (χ2n) is 5.31. The molecule has 2 rings (SSSR count). The minimum absolute atomic E-state index is 0.0490. The molecule has 0 aliphatic heterocycles. The summed E-state index contributed by atoms with van der Waals surface area (Å²) in [7, 11) is 0. The van der Waals surface area contributed by atoms with Crippen molar-refractivity contribution in [3.8, 4) is 0 Å². The molecule has 0 radical (unpaired) electrons. The normalized spacial score (nSPS) is 11.7. The van der Waals surface area contributed by atoms with Gasteiger partial charge in [-0.05, 0) is 32.9 Å². The standard InChI is InChI=1S/C14H19N3OS/c1-14(2,3)15-9-13-16-12(17-18-13)10-19-11-7-5-4-6-8-11/h4-8,15H,9-10H2,1-3H3. The zero-order chi connectivity index (χ0) is 13.7. The summed E-state index contributed by atoms with van der Waals surface area (Å²) in [6.07, 6.45) is 0. The minimum Gasteiger partial charge on any atom is -0.338 e. The van der Waals surface area contributed by atoms with E-state index in [2.05, 4.69) is 48.4 Å². The Morgan fingerprint density at radius 1 is 1.21 bits per heavy atom. The van der Waals surface area contributed by atoms with Crippen LogP contribution < -0.4 is 5.32 Å². The van der Waals surface area contributed by atoms with Gasteiger partial charge in [-0.3, -0.25) is 0 Å². The van der Waals surface area contributed by atoms with Gasteiger partial charge in [0.25, 0.3) is 0 Å². The molecule has 0 atom stereocenters. The highest BCUT2D eigenvalue weighted by Crippen LogP contribution is 2.20. The zero-order valence-electron chi connectivity index (χ0n) is 11.5. The van der Waals surface area contributed by atoms with Crippen LogP contribution in [-0.2, 0) is 12.3 Å². The van der Waals surface area contributed by atoms with Crippen molar-refractivity contribution in [2.45, 2.75) is 43.5 Å². The second kappa shape index (κ2) is 6.21. The first kappa shape index (κ1) is 14.1. The van der Waals surface area contributed by atoms with Gasteiger partial charge in [0.2, 0.25) is 5.89 Å². The number of benzene rings is 1. The summed E-state index contributed by atoms with van der Waals surface area (Å²) in [4.78, 5) is 5.58. The van der Waals surface area contributed by atoms with Gasteiger partial charge >= 0.3 is 0 Å². The fourth-order valence-corrected chi connectivity index (χ4v) is 2.19. The van der Waals surface area contributed by atoms with Crippen molar-refractivity contribution >= 4 is 11.8 Å². The lowest BCUT2D eigenvalue weighted by Crippen LogP contribution is -2.35. The maximum absolute atomic E-state index is 5.21. The predicted molar refractivity (Wildman–Crippen MR) is 76.9 cm³/mol. The van der Waals surface area contributed by atoms with Crippen molar-refractivity contribution in [3.05, 3.63) is 42.0 Å². The van der Waals surface area contributed by atoms with E-state index in [1.807, 2.05) is 18.2 Å². The van der Waals surface area contributed by atoms with Gasteiger partial charge in [-0.1, -0.05) is 23.4 Å². The van der Waals surface area contributed by atoms with E-state index in [1.54, 1.807) is 11.8 Å². The SMILES string of the molecule is CC(C)(C)NCc1nc(CSc2ccccc2)no1. The lowest BCUT2D eigenvalue weighted by molar-refractivity contribution is 0.334. The Balaban J connectivity index is 1.84. The molecule has 5 heteroatoms. The molecule has 1 aromatic carbocycles. The third-order valence-electron chi connectivity index (χ3n) is 2.39. The van der Waals surface area contributed by atoms with E-state index in [4.69, 9.17) is 4.52 Å². The van der Waals surface area contributed by atoms with E-state index >= 15 is 0 Å². The van der Waals surface area contributed by atoms with Crippen molar-refractivity contribution in [2.24, 2.45) is 0 Å². The first-order valence-corrected chi connectivity index (χ1v) is 7.26. The van der Waals surface area contributed by atoms with Gasteiger partial charge in [0, 0.05) is 10.4 Å². The highest BCUT2D eigenvalue weighted by atomic mass is 32.2. The molecule has 19 heavy (non-hydrogen) atoms.